The molecule has 2 amide bonds. The minimum Gasteiger partial charge on any atom is -0.339 e. The van der Waals surface area contributed by atoms with Crippen molar-refractivity contribution in [2.75, 3.05) is 26.2 Å². The first kappa shape index (κ1) is 24.4. The van der Waals surface area contributed by atoms with Gasteiger partial charge >= 0.3 is 5.51 Å². The number of alkyl halides is 3. The Bertz CT molecular complexity index is 1270. The van der Waals surface area contributed by atoms with Crippen LogP contribution in [0.4, 0.5) is 13.2 Å². The lowest BCUT2D eigenvalue weighted by Gasteiger charge is -2.21. The van der Waals surface area contributed by atoms with Gasteiger partial charge < -0.3 is 9.80 Å². The first-order chi connectivity index (χ1) is 17.2. The van der Waals surface area contributed by atoms with Crippen molar-refractivity contribution in [1.29, 1.82) is 0 Å². The molecular weight excluding hydrogens is 491 g/mol. The van der Waals surface area contributed by atoms with Crippen molar-refractivity contribution in [3.05, 3.63) is 59.7 Å². The molecule has 7 nitrogen and oxygen atoms in total. The maximum atomic E-state index is 13.1. The molecule has 2 fully saturated rings. The number of amides is 2. The van der Waals surface area contributed by atoms with Crippen molar-refractivity contribution >= 4 is 40.7 Å². The van der Waals surface area contributed by atoms with Crippen LogP contribution in [-0.4, -0.2) is 68.7 Å². The SMILES string of the molecule is O=C(/C=C/c1ccc(SC(F)(F)F)cc1)N1CC[C@@H]2CN(C(=O)c3ccc4n[nH]nc4c3)C[C@@H]2CC1. The number of likely N-dealkylation sites (tertiary alicyclic amines) is 2. The molecule has 2 saturated heterocycles. The van der Waals surface area contributed by atoms with Gasteiger partial charge in [-0.05, 0) is 78.4 Å². The van der Waals surface area contributed by atoms with Crippen LogP contribution >= 0.6 is 11.8 Å². The zero-order chi connectivity index (χ0) is 25.3. The van der Waals surface area contributed by atoms with E-state index in [1.54, 1.807) is 36.4 Å². The van der Waals surface area contributed by atoms with Gasteiger partial charge in [0.25, 0.3) is 5.91 Å². The van der Waals surface area contributed by atoms with Crippen molar-refractivity contribution < 1.29 is 22.8 Å². The number of nitrogens with one attached hydrogen (secondary N) is 1. The van der Waals surface area contributed by atoms with Gasteiger partial charge in [-0.1, -0.05) is 12.1 Å². The number of fused-ring (bicyclic) bond motifs is 2. The molecule has 2 atom stereocenters. The van der Waals surface area contributed by atoms with Crippen LogP contribution in [0.1, 0.15) is 28.8 Å². The van der Waals surface area contributed by atoms with Gasteiger partial charge in [0.05, 0.1) is 0 Å². The zero-order valence-electron chi connectivity index (χ0n) is 19.2. The highest BCUT2D eigenvalue weighted by atomic mass is 32.2. The highest BCUT2D eigenvalue weighted by molar-refractivity contribution is 8.00. The number of rotatable bonds is 4. The smallest absolute Gasteiger partial charge is 0.339 e. The first-order valence-electron chi connectivity index (χ1n) is 11.7. The molecule has 3 heterocycles. The van der Waals surface area contributed by atoms with Crippen LogP contribution in [0.2, 0.25) is 0 Å². The minimum absolute atomic E-state index is 0.0107. The lowest BCUT2D eigenvalue weighted by molar-refractivity contribution is -0.126. The molecule has 2 aliphatic rings. The van der Waals surface area contributed by atoms with Crippen molar-refractivity contribution in [3.63, 3.8) is 0 Å². The number of carbonyl (C=O) groups excluding carboxylic acids is 2. The molecule has 36 heavy (non-hydrogen) atoms. The Kier molecular flexibility index (Phi) is 6.74. The second kappa shape index (κ2) is 9.96. The van der Waals surface area contributed by atoms with Gasteiger partial charge in [-0.25, -0.2) is 0 Å². The van der Waals surface area contributed by atoms with Gasteiger partial charge in [-0.3, -0.25) is 9.59 Å². The van der Waals surface area contributed by atoms with Gasteiger partial charge in [0.15, 0.2) is 0 Å². The molecule has 188 valence electrons. The Morgan fingerprint density at radius 3 is 2.28 bits per heavy atom. The average Bonchev–Trinajstić information content (AvgIpc) is 3.44. The summed E-state index contributed by atoms with van der Waals surface area (Å²) < 4.78 is 37.4. The van der Waals surface area contributed by atoms with E-state index in [1.165, 1.54) is 18.2 Å². The van der Waals surface area contributed by atoms with E-state index in [9.17, 15) is 22.8 Å². The molecule has 0 radical (unpaired) electrons. The number of benzene rings is 2. The normalized spacial score (nSPS) is 20.6. The summed E-state index contributed by atoms with van der Waals surface area (Å²) in [6.07, 6.45) is 4.74. The van der Waals surface area contributed by atoms with Gasteiger partial charge in [-0.2, -0.15) is 28.6 Å². The summed E-state index contributed by atoms with van der Waals surface area (Å²) in [7, 11) is 0. The molecule has 0 bridgehead atoms. The van der Waals surface area contributed by atoms with Crippen LogP contribution in [0.25, 0.3) is 17.1 Å². The van der Waals surface area contributed by atoms with Crippen molar-refractivity contribution in [2.24, 2.45) is 11.8 Å². The third-order valence-electron chi connectivity index (χ3n) is 6.81. The summed E-state index contributed by atoms with van der Waals surface area (Å²) >= 11 is -0.162. The molecule has 0 unspecified atom stereocenters. The van der Waals surface area contributed by atoms with E-state index in [1.807, 2.05) is 9.80 Å². The topological polar surface area (TPSA) is 82.2 Å². The van der Waals surface area contributed by atoms with Gasteiger partial charge in [0, 0.05) is 42.7 Å². The van der Waals surface area contributed by atoms with Crippen LogP contribution in [0, 0.1) is 11.8 Å². The second-order valence-corrected chi connectivity index (χ2v) is 10.2. The van der Waals surface area contributed by atoms with E-state index in [4.69, 9.17) is 0 Å². The van der Waals surface area contributed by atoms with Crippen LogP contribution in [0.3, 0.4) is 0 Å². The fourth-order valence-corrected chi connectivity index (χ4v) is 5.48. The molecule has 1 aromatic heterocycles. The molecule has 2 aromatic carbocycles. The first-order valence-corrected chi connectivity index (χ1v) is 12.5. The number of thioether (sulfide) groups is 1. The third kappa shape index (κ3) is 5.56. The highest BCUT2D eigenvalue weighted by Crippen LogP contribution is 2.37. The number of hydrogen-bond donors (Lipinski definition) is 1. The van der Waals surface area contributed by atoms with E-state index in [2.05, 4.69) is 15.4 Å². The average molecular weight is 516 g/mol. The standard InChI is InChI=1S/C25H24F3N5O2S/c26-25(27,28)36-20-5-1-16(2-6-20)3-8-23(34)32-11-9-18-14-33(15-19(18)10-12-32)24(35)17-4-7-21-22(13-17)30-31-29-21/h1-8,13,18-19H,9-12,14-15H2,(H,29,30,31)/b8-3+/t18-,19+. The predicted octanol–water partition coefficient (Wildman–Crippen LogP) is 4.59. The van der Waals surface area contributed by atoms with Crippen molar-refractivity contribution in [2.45, 2.75) is 23.2 Å². The number of nitrogens with zero attached hydrogens (tertiary/aromatic N) is 4. The van der Waals surface area contributed by atoms with Gasteiger partial charge in [0.2, 0.25) is 5.91 Å². The summed E-state index contributed by atoms with van der Waals surface area (Å²) in [5, 5.41) is 10.6. The lowest BCUT2D eigenvalue weighted by atomic mass is 9.92. The van der Waals surface area contributed by atoms with E-state index in [0.29, 0.717) is 54.7 Å². The second-order valence-electron chi connectivity index (χ2n) is 9.11. The number of halogens is 3. The Hall–Kier alpha value is -3.34. The maximum absolute atomic E-state index is 13.1. The largest absolute Gasteiger partial charge is 0.446 e. The quantitative estimate of drug-likeness (QED) is 0.406. The summed E-state index contributed by atoms with van der Waals surface area (Å²) in [5.41, 5.74) is -1.68. The molecule has 2 aliphatic heterocycles. The van der Waals surface area contributed by atoms with E-state index in [-0.39, 0.29) is 28.5 Å². The number of aromatic amines is 1. The number of H-pyrrole nitrogens is 1. The molecular formula is C25H24F3N5O2S. The van der Waals surface area contributed by atoms with Crippen LogP contribution in [0.15, 0.2) is 53.4 Å². The maximum Gasteiger partial charge on any atom is 0.446 e. The molecule has 1 N–H and O–H groups in total. The van der Waals surface area contributed by atoms with Gasteiger partial charge in [0.1, 0.15) is 11.0 Å². The fraction of sp³-hybridized carbons (Fsp3) is 0.360. The van der Waals surface area contributed by atoms with E-state index >= 15 is 0 Å². The molecule has 0 saturated carbocycles. The Morgan fingerprint density at radius 1 is 0.944 bits per heavy atom. The Labute approximate surface area is 209 Å². The number of carbonyl (C=O) groups is 2. The highest BCUT2D eigenvalue weighted by Gasteiger charge is 2.37. The van der Waals surface area contributed by atoms with Crippen LogP contribution < -0.4 is 0 Å². The number of hydrogen-bond acceptors (Lipinski definition) is 5. The zero-order valence-corrected chi connectivity index (χ0v) is 20.1. The summed E-state index contributed by atoms with van der Waals surface area (Å²) in [5.74, 6) is 0.552. The Balaban J connectivity index is 1.15. The summed E-state index contributed by atoms with van der Waals surface area (Å²) in [6, 6.07) is 11.2. The predicted molar refractivity (Wildman–Crippen MR) is 130 cm³/mol. The van der Waals surface area contributed by atoms with Gasteiger partial charge in [-0.15, -0.1) is 0 Å². The molecule has 5 rings (SSSR count). The molecule has 3 aromatic rings. The third-order valence-corrected chi connectivity index (χ3v) is 7.55. The minimum atomic E-state index is -4.32. The van der Waals surface area contributed by atoms with Crippen LogP contribution in [-0.2, 0) is 4.79 Å². The van der Waals surface area contributed by atoms with E-state index in [0.717, 1.165) is 18.4 Å². The Morgan fingerprint density at radius 2 is 1.61 bits per heavy atom. The molecule has 11 heteroatoms. The fourth-order valence-electron chi connectivity index (χ4n) is 4.94. The van der Waals surface area contributed by atoms with Crippen LogP contribution in [0.5, 0.6) is 0 Å². The van der Waals surface area contributed by atoms with Crippen molar-refractivity contribution in [3.8, 4) is 0 Å². The van der Waals surface area contributed by atoms with Crippen molar-refractivity contribution in [1.82, 2.24) is 25.2 Å². The number of aromatic nitrogens is 3. The lowest BCUT2D eigenvalue weighted by Crippen LogP contribution is -2.33. The molecule has 0 aliphatic carbocycles. The van der Waals surface area contributed by atoms with E-state index < -0.39 is 5.51 Å². The summed E-state index contributed by atoms with van der Waals surface area (Å²) in [4.78, 5) is 29.6. The monoisotopic (exact) mass is 515 g/mol. The summed E-state index contributed by atoms with van der Waals surface area (Å²) in [6.45, 7) is 2.55. The molecule has 0 spiro atoms.